The summed E-state index contributed by atoms with van der Waals surface area (Å²) in [5, 5.41) is 9.80. The van der Waals surface area contributed by atoms with Gasteiger partial charge in [0.1, 0.15) is 5.60 Å². The van der Waals surface area contributed by atoms with Crippen LogP contribution in [0.3, 0.4) is 0 Å². The topological polar surface area (TPSA) is 63.6 Å². The highest BCUT2D eigenvalue weighted by atomic mass is 16.6. The van der Waals surface area contributed by atoms with Crippen LogP contribution >= 0.6 is 0 Å². The maximum Gasteiger partial charge on any atom is 0.310 e. The van der Waals surface area contributed by atoms with Crippen molar-refractivity contribution in [2.45, 2.75) is 53.1 Å². The van der Waals surface area contributed by atoms with Gasteiger partial charge in [0.25, 0.3) is 0 Å². The maximum atomic E-state index is 12.9. The normalized spacial score (nSPS) is 13.7. The van der Waals surface area contributed by atoms with Crippen molar-refractivity contribution in [1.29, 1.82) is 0 Å². The van der Waals surface area contributed by atoms with Crippen LogP contribution in [0.4, 0.5) is 0 Å². The molecule has 4 nitrogen and oxygen atoms in total. The highest BCUT2D eigenvalue weighted by Crippen LogP contribution is 2.29. The number of hydrogen-bond donors (Lipinski definition) is 1. The van der Waals surface area contributed by atoms with Gasteiger partial charge in [0.2, 0.25) is 0 Å². The minimum Gasteiger partial charge on any atom is -0.481 e. The van der Waals surface area contributed by atoms with Crippen molar-refractivity contribution in [3.05, 3.63) is 60.2 Å². The van der Waals surface area contributed by atoms with Gasteiger partial charge in [-0.3, -0.25) is 9.59 Å². The molecule has 0 saturated carbocycles. The average molecular weight is 397 g/mol. The van der Waals surface area contributed by atoms with Crippen molar-refractivity contribution in [1.82, 2.24) is 0 Å². The van der Waals surface area contributed by atoms with Crippen molar-refractivity contribution in [3.63, 3.8) is 0 Å². The van der Waals surface area contributed by atoms with E-state index in [1.54, 1.807) is 20.8 Å². The van der Waals surface area contributed by atoms with Gasteiger partial charge in [0.15, 0.2) is 0 Å². The second-order valence-corrected chi connectivity index (χ2v) is 8.98. The van der Waals surface area contributed by atoms with Crippen molar-refractivity contribution in [2.24, 2.45) is 17.8 Å². The molecule has 0 spiro atoms. The van der Waals surface area contributed by atoms with Crippen LogP contribution in [0.1, 0.15) is 46.6 Å². The first kappa shape index (κ1) is 22.7. The molecule has 0 amide bonds. The third kappa shape index (κ3) is 7.04. The van der Waals surface area contributed by atoms with Gasteiger partial charge in [-0.15, -0.1) is 0 Å². The summed E-state index contributed by atoms with van der Waals surface area (Å²) in [5.41, 5.74) is 2.47. The first-order valence-corrected chi connectivity index (χ1v) is 10.2. The van der Waals surface area contributed by atoms with Gasteiger partial charge in [-0.1, -0.05) is 68.4 Å². The summed E-state index contributed by atoms with van der Waals surface area (Å²) in [6.45, 7) is 9.34. The van der Waals surface area contributed by atoms with Crippen LogP contribution in [0.5, 0.6) is 0 Å². The van der Waals surface area contributed by atoms with E-state index in [2.05, 4.69) is 0 Å². The van der Waals surface area contributed by atoms with Gasteiger partial charge in [-0.2, -0.15) is 0 Å². The molecule has 0 saturated heterocycles. The second kappa shape index (κ2) is 9.73. The Morgan fingerprint density at radius 1 is 0.897 bits per heavy atom. The van der Waals surface area contributed by atoms with Crippen molar-refractivity contribution in [2.75, 3.05) is 0 Å². The molecular weight excluding hydrogens is 364 g/mol. The smallest absolute Gasteiger partial charge is 0.310 e. The molecule has 4 heteroatoms. The Bertz CT molecular complexity index is 801. The van der Waals surface area contributed by atoms with E-state index in [-0.39, 0.29) is 5.92 Å². The van der Waals surface area contributed by atoms with E-state index >= 15 is 0 Å². The molecule has 0 aromatic heterocycles. The zero-order valence-electron chi connectivity index (χ0n) is 18.0. The summed E-state index contributed by atoms with van der Waals surface area (Å²) in [6, 6.07) is 18.0. The van der Waals surface area contributed by atoms with E-state index in [4.69, 9.17) is 4.74 Å². The summed E-state index contributed by atoms with van der Waals surface area (Å²) < 4.78 is 5.58. The number of aliphatic carboxylic acids is 1. The number of carbonyl (C=O) groups is 2. The van der Waals surface area contributed by atoms with Crippen molar-refractivity contribution in [3.8, 4) is 11.1 Å². The number of carboxylic acids is 1. The average Bonchev–Trinajstić information content (AvgIpc) is 2.64. The summed E-state index contributed by atoms with van der Waals surface area (Å²) >= 11 is 0. The first-order valence-electron chi connectivity index (χ1n) is 10.2. The van der Waals surface area contributed by atoms with E-state index in [0.717, 1.165) is 16.7 Å². The predicted molar refractivity (Wildman–Crippen MR) is 115 cm³/mol. The van der Waals surface area contributed by atoms with Crippen LogP contribution < -0.4 is 0 Å². The molecule has 2 atom stereocenters. The standard InChI is InChI=1S/C25H32O4/c1-17(2)15-21(23(26)27)22(24(28)29-25(3,4)5)16-18-11-13-20(14-12-18)19-9-7-6-8-10-19/h6-14,17,21-22H,15-16H2,1-5H3,(H,26,27)/t21-,22+/m1/s1. The molecule has 156 valence electrons. The zero-order chi connectivity index (χ0) is 21.6. The predicted octanol–water partition coefficient (Wildman–Crippen LogP) is 5.60. The van der Waals surface area contributed by atoms with Crippen LogP contribution in [0.25, 0.3) is 11.1 Å². The molecule has 29 heavy (non-hydrogen) atoms. The third-order valence-corrected chi connectivity index (χ3v) is 4.75. The Labute approximate surface area is 173 Å². The van der Waals surface area contributed by atoms with Crippen LogP contribution in [0, 0.1) is 17.8 Å². The molecular formula is C25H32O4. The highest BCUT2D eigenvalue weighted by Gasteiger charge is 2.37. The van der Waals surface area contributed by atoms with Crippen molar-refractivity contribution >= 4 is 11.9 Å². The molecule has 0 aliphatic heterocycles. The lowest BCUT2D eigenvalue weighted by atomic mass is 9.81. The third-order valence-electron chi connectivity index (χ3n) is 4.75. The summed E-state index contributed by atoms with van der Waals surface area (Å²) in [5.74, 6) is -2.73. The largest absolute Gasteiger partial charge is 0.481 e. The number of carboxylic acid groups (broad SMARTS) is 1. The van der Waals surface area contributed by atoms with Crippen LogP contribution in [-0.4, -0.2) is 22.6 Å². The maximum absolute atomic E-state index is 12.9. The molecule has 2 rings (SSSR count). The Balaban J connectivity index is 2.28. The summed E-state index contributed by atoms with van der Waals surface area (Å²) in [6.07, 6.45) is 0.773. The minimum atomic E-state index is -0.949. The van der Waals surface area contributed by atoms with Crippen LogP contribution in [-0.2, 0) is 20.7 Å². The van der Waals surface area contributed by atoms with Gasteiger partial charge in [0, 0.05) is 0 Å². The fourth-order valence-corrected chi connectivity index (χ4v) is 3.43. The van der Waals surface area contributed by atoms with Crippen LogP contribution in [0.2, 0.25) is 0 Å². The quantitative estimate of drug-likeness (QED) is 0.590. The van der Waals surface area contributed by atoms with E-state index in [9.17, 15) is 14.7 Å². The molecule has 0 aliphatic rings. The molecule has 1 N–H and O–H groups in total. The summed E-state index contributed by atoms with van der Waals surface area (Å²) in [7, 11) is 0. The SMILES string of the molecule is CC(C)C[C@@H](C(=O)O)[C@H](Cc1ccc(-c2ccccc2)cc1)C(=O)OC(C)(C)C. The lowest BCUT2D eigenvalue weighted by molar-refractivity contribution is -0.167. The highest BCUT2D eigenvalue weighted by molar-refractivity contribution is 5.81. The fraction of sp³-hybridized carbons (Fsp3) is 0.440. The van der Waals surface area contributed by atoms with Gasteiger partial charge < -0.3 is 9.84 Å². The van der Waals surface area contributed by atoms with Gasteiger partial charge in [-0.05, 0) is 56.2 Å². The van der Waals surface area contributed by atoms with E-state index in [1.807, 2.05) is 68.4 Å². The number of esters is 1. The number of rotatable bonds is 8. The zero-order valence-corrected chi connectivity index (χ0v) is 18.0. The molecule has 2 aromatic rings. The van der Waals surface area contributed by atoms with E-state index in [1.165, 1.54) is 0 Å². The lowest BCUT2D eigenvalue weighted by Gasteiger charge is -2.28. The van der Waals surface area contributed by atoms with E-state index in [0.29, 0.717) is 12.8 Å². The number of benzene rings is 2. The number of carbonyl (C=O) groups excluding carboxylic acids is 1. The minimum absolute atomic E-state index is 0.168. The molecule has 0 unspecified atom stereocenters. The lowest BCUT2D eigenvalue weighted by Crippen LogP contribution is -2.37. The Morgan fingerprint density at radius 3 is 1.93 bits per heavy atom. The second-order valence-electron chi connectivity index (χ2n) is 8.98. The Kier molecular flexibility index (Phi) is 7.60. The van der Waals surface area contributed by atoms with Gasteiger partial charge in [-0.25, -0.2) is 0 Å². The Hall–Kier alpha value is -2.62. The number of hydrogen-bond acceptors (Lipinski definition) is 3. The van der Waals surface area contributed by atoms with Gasteiger partial charge >= 0.3 is 11.9 Å². The molecule has 0 aliphatic carbocycles. The molecule has 2 aromatic carbocycles. The molecule has 0 radical (unpaired) electrons. The monoisotopic (exact) mass is 396 g/mol. The fourth-order valence-electron chi connectivity index (χ4n) is 3.43. The van der Waals surface area contributed by atoms with E-state index < -0.39 is 29.4 Å². The molecule has 0 heterocycles. The van der Waals surface area contributed by atoms with Crippen molar-refractivity contribution < 1.29 is 19.4 Å². The van der Waals surface area contributed by atoms with Crippen LogP contribution in [0.15, 0.2) is 54.6 Å². The van der Waals surface area contributed by atoms with Gasteiger partial charge in [0.05, 0.1) is 11.8 Å². The number of ether oxygens (including phenoxy) is 1. The Morgan fingerprint density at radius 2 is 1.45 bits per heavy atom. The summed E-state index contributed by atoms with van der Waals surface area (Å²) in [4.78, 5) is 24.9. The molecule has 0 fully saturated rings. The first-order chi connectivity index (χ1) is 13.6. The molecule has 0 bridgehead atoms.